The number of carbonyl (C=O) groups is 1. The highest BCUT2D eigenvalue weighted by molar-refractivity contribution is 6.04. The zero-order valence-electron chi connectivity index (χ0n) is 12.6. The number of carbonyl (C=O) groups excluding carboxylic acids is 1. The van der Waals surface area contributed by atoms with E-state index in [1.807, 2.05) is 18.2 Å². The van der Waals surface area contributed by atoms with Crippen molar-refractivity contribution in [2.45, 2.75) is 25.7 Å². The quantitative estimate of drug-likeness (QED) is 0.834. The number of aromatic nitrogens is 1. The first kappa shape index (κ1) is 14.5. The molecule has 22 heavy (non-hydrogen) atoms. The Morgan fingerprint density at radius 2 is 2.18 bits per heavy atom. The van der Waals surface area contributed by atoms with E-state index >= 15 is 0 Å². The number of hydrogen-bond acceptors (Lipinski definition) is 3. The van der Waals surface area contributed by atoms with Gasteiger partial charge < -0.3 is 10.6 Å². The summed E-state index contributed by atoms with van der Waals surface area (Å²) in [6.07, 6.45) is 2.38. The Balaban J connectivity index is 1.85. The second kappa shape index (κ2) is 5.40. The van der Waals surface area contributed by atoms with Gasteiger partial charge in [-0.25, -0.2) is 4.98 Å². The first-order valence-electron chi connectivity index (χ1n) is 7.28. The SMILES string of the molecule is CC1(C)CCNc2cc(NC(=O)c3cccnc3F)ccc21. The lowest BCUT2D eigenvalue weighted by molar-refractivity contribution is 0.102. The number of hydrogen-bond donors (Lipinski definition) is 2. The molecule has 0 radical (unpaired) electrons. The molecule has 0 unspecified atom stereocenters. The number of nitrogens with one attached hydrogen (secondary N) is 2. The lowest BCUT2D eigenvalue weighted by Gasteiger charge is -2.33. The van der Waals surface area contributed by atoms with Crippen molar-refractivity contribution in [3.05, 3.63) is 53.6 Å². The van der Waals surface area contributed by atoms with Gasteiger partial charge in [-0.15, -0.1) is 0 Å². The van der Waals surface area contributed by atoms with Crippen molar-refractivity contribution >= 4 is 17.3 Å². The maximum absolute atomic E-state index is 13.5. The molecule has 0 spiro atoms. The fourth-order valence-corrected chi connectivity index (χ4v) is 2.76. The molecule has 1 aliphatic rings. The number of amides is 1. The molecule has 0 fully saturated rings. The Labute approximate surface area is 128 Å². The van der Waals surface area contributed by atoms with Gasteiger partial charge in [0.15, 0.2) is 0 Å². The molecule has 0 bridgehead atoms. The summed E-state index contributed by atoms with van der Waals surface area (Å²) >= 11 is 0. The first-order valence-corrected chi connectivity index (χ1v) is 7.28. The Morgan fingerprint density at radius 3 is 2.95 bits per heavy atom. The topological polar surface area (TPSA) is 54.0 Å². The van der Waals surface area contributed by atoms with E-state index in [0.717, 1.165) is 18.7 Å². The van der Waals surface area contributed by atoms with Crippen molar-refractivity contribution in [1.29, 1.82) is 0 Å². The Bertz CT molecular complexity index is 728. The van der Waals surface area contributed by atoms with Crippen LogP contribution in [0, 0.1) is 5.95 Å². The molecule has 1 aromatic heterocycles. The number of fused-ring (bicyclic) bond motifs is 1. The van der Waals surface area contributed by atoms with Crippen LogP contribution in [0.15, 0.2) is 36.5 Å². The number of benzene rings is 1. The lowest BCUT2D eigenvalue weighted by atomic mass is 9.78. The van der Waals surface area contributed by atoms with Crippen molar-refractivity contribution in [3.63, 3.8) is 0 Å². The van der Waals surface area contributed by atoms with Crippen LogP contribution >= 0.6 is 0 Å². The molecule has 1 aliphatic heterocycles. The Hall–Kier alpha value is -2.43. The molecule has 1 amide bonds. The second-order valence-electron chi connectivity index (χ2n) is 6.12. The summed E-state index contributed by atoms with van der Waals surface area (Å²) in [5.41, 5.74) is 2.93. The van der Waals surface area contributed by atoms with E-state index in [2.05, 4.69) is 29.5 Å². The fraction of sp³-hybridized carbons (Fsp3) is 0.294. The van der Waals surface area contributed by atoms with E-state index in [-0.39, 0.29) is 11.0 Å². The molecule has 0 aliphatic carbocycles. The zero-order valence-corrected chi connectivity index (χ0v) is 12.6. The van der Waals surface area contributed by atoms with Crippen LogP contribution in [0.5, 0.6) is 0 Å². The van der Waals surface area contributed by atoms with E-state index in [1.165, 1.54) is 23.9 Å². The van der Waals surface area contributed by atoms with Crippen molar-refractivity contribution < 1.29 is 9.18 Å². The Kier molecular flexibility index (Phi) is 3.56. The minimum atomic E-state index is -0.766. The van der Waals surface area contributed by atoms with Crippen molar-refractivity contribution in [1.82, 2.24) is 4.98 Å². The van der Waals surface area contributed by atoms with Crippen molar-refractivity contribution in [3.8, 4) is 0 Å². The smallest absolute Gasteiger partial charge is 0.260 e. The molecule has 1 aromatic carbocycles. The van der Waals surface area contributed by atoms with Gasteiger partial charge in [0.1, 0.15) is 0 Å². The summed E-state index contributed by atoms with van der Waals surface area (Å²) in [5, 5.41) is 6.06. The molecular weight excluding hydrogens is 281 g/mol. The van der Waals surface area contributed by atoms with Gasteiger partial charge in [-0.1, -0.05) is 19.9 Å². The molecule has 4 nitrogen and oxygen atoms in total. The van der Waals surface area contributed by atoms with Crippen LogP contribution in [-0.2, 0) is 5.41 Å². The van der Waals surface area contributed by atoms with Gasteiger partial charge in [-0.05, 0) is 41.7 Å². The number of rotatable bonds is 2. The van der Waals surface area contributed by atoms with Gasteiger partial charge in [0, 0.05) is 24.1 Å². The molecule has 0 saturated carbocycles. The predicted octanol–water partition coefficient (Wildman–Crippen LogP) is 3.57. The maximum atomic E-state index is 13.5. The molecular formula is C17H18FN3O. The summed E-state index contributed by atoms with van der Waals surface area (Å²) in [6, 6.07) is 8.70. The van der Waals surface area contributed by atoms with E-state index in [4.69, 9.17) is 0 Å². The number of anilines is 2. The van der Waals surface area contributed by atoms with Gasteiger partial charge in [-0.3, -0.25) is 4.79 Å². The third-order valence-electron chi connectivity index (χ3n) is 4.08. The predicted molar refractivity (Wildman–Crippen MR) is 84.7 cm³/mol. The number of pyridine rings is 1. The van der Waals surface area contributed by atoms with E-state index < -0.39 is 11.9 Å². The normalized spacial score (nSPS) is 15.6. The van der Waals surface area contributed by atoms with Crippen LogP contribution in [0.4, 0.5) is 15.8 Å². The summed E-state index contributed by atoms with van der Waals surface area (Å²) < 4.78 is 13.5. The van der Waals surface area contributed by atoms with Crippen LogP contribution in [-0.4, -0.2) is 17.4 Å². The van der Waals surface area contributed by atoms with Gasteiger partial charge in [0.2, 0.25) is 5.95 Å². The first-order chi connectivity index (χ1) is 10.5. The van der Waals surface area contributed by atoms with Gasteiger partial charge in [0.25, 0.3) is 5.91 Å². The zero-order chi connectivity index (χ0) is 15.7. The third kappa shape index (κ3) is 2.66. The third-order valence-corrected chi connectivity index (χ3v) is 4.08. The molecule has 2 aromatic rings. The average molecular weight is 299 g/mol. The van der Waals surface area contributed by atoms with Gasteiger partial charge in [0.05, 0.1) is 5.56 Å². The van der Waals surface area contributed by atoms with Crippen molar-refractivity contribution in [2.75, 3.05) is 17.2 Å². The van der Waals surface area contributed by atoms with E-state index in [1.54, 1.807) is 0 Å². The molecule has 0 atom stereocenters. The molecule has 0 saturated heterocycles. The molecule has 2 heterocycles. The summed E-state index contributed by atoms with van der Waals surface area (Å²) in [6.45, 7) is 5.31. The molecule has 3 rings (SSSR count). The van der Waals surface area contributed by atoms with E-state index in [0.29, 0.717) is 5.69 Å². The van der Waals surface area contributed by atoms with Crippen LogP contribution in [0.2, 0.25) is 0 Å². The van der Waals surface area contributed by atoms with Crippen LogP contribution in [0.3, 0.4) is 0 Å². The fourth-order valence-electron chi connectivity index (χ4n) is 2.76. The minimum absolute atomic E-state index is 0.0616. The van der Waals surface area contributed by atoms with Crippen LogP contribution in [0.25, 0.3) is 0 Å². The van der Waals surface area contributed by atoms with Gasteiger partial charge >= 0.3 is 0 Å². The minimum Gasteiger partial charge on any atom is -0.385 e. The monoisotopic (exact) mass is 299 g/mol. The van der Waals surface area contributed by atoms with Crippen LogP contribution < -0.4 is 10.6 Å². The number of halogens is 1. The highest BCUT2D eigenvalue weighted by Gasteiger charge is 2.27. The standard InChI is InChI=1S/C17H18FN3O/c1-17(2)7-9-19-14-10-11(5-6-13(14)17)21-16(22)12-4-3-8-20-15(12)18/h3-6,8,10,19H,7,9H2,1-2H3,(H,21,22). The van der Waals surface area contributed by atoms with Crippen molar-refractivity contribution in [2.24, 2.45) is 0 Å². The van der Waals surface area contributed by atoms with Crippen LogP contribution in [0.1, 0.15) is 36.2 Å². The molecule has 2 N–H and O–H groups in total. The maximum Gasteiger partial charge on any atom is 0.260 e. The highest BCUT2D eigenvalue weighted by atomic mass is 19.1. The highest BCUT2D eigenvalue weighted by Crippen LogP contribution is 2.37. The summed E-state index contributed by atoms with van der Waals surface area (Å²) in [5.74, 6) is -1.27. The second-order valence-corrected chi connectivity index (χ2v) is 6.12. The average Bonchev–Trinajstić information content (AvgIpc) is 2.47. The largest absolute Gasteiger partial charge is 0.385 e. The summed E-state index contributed by atoms with van der Waals surface area (Å²) in [4.78, 5) is 15.6. The molecule has 114 valence electrons. The summed E-state index contributed by atoms with van der Waals surface area (Å²) in [7, 11) is 0. The van der Waals surface area contributed by atoms with Gasteiger partial charge in [-0.2, -0.15) is 4.39 Å². The lowest BCUT2D eigenvalue weighted by Crippen LogP contribution is -2.28. The Morgan fingerprint density at radius 1 is 1.36 bits per heavy atom. The number of nitrogens with zero attached hydrogens (tertiary/aromatic N) is 1. The van der Waals surface area contributed by atoms with E-state index in [9.17, 15) is 9.18 Å². The molecule has 5 heteroatoms.